The van der Waals surface area contributed by atoms with Crippen LogP contribution in [-0.4, -0.2) is 23.7 Å². The van der Waals surface area contributed by atoms with Gasteiger partial charge in [-0.3, -0.25) is 4.79 Å². The lowest BCUT2D eigenvalue weighted by molar-refractivity contribution is -0.145. The van der Waals surface area contributed by atoms with Crippen LogP contribution < -0.4 is 5.32 Å². The van der Waals surface area contributed by atoms with E-state index >= 15 is 0 Å². The molecule has 3 nitrogen and oxygen atoms in total. The van der Waals surface area contributed by atoms with Gasteiger partial charge in [-0.15, -0.1) is 0 Å². The second kappa shape index (κ2) is 3.01. The van der Waals surface area contributed by atoms with Crippen molar-refractivity contribution in [3.8, 4) is 0 Å². The minimum atomic E-state index is -0.801. The highest BCUT2D eigenvalue weighted by Gasteiger charge is 2.34. The third kappa shape index (κ3) is 1.48. The Hall–Kier alpha value is -0.570. The molecule has 0 aromatic carbocycles. The van der Waals surface area contributed by atoms with E-state index in [1.807, 2.05) is 13.8 Å². The van der Waals surface area contributed by atoms with Crippen LogP contribution in [0.15, 0.2) is 0 Å². The summed E-state index contributed by atoms with van der Waals surface area (Å²) < 4.78 is 0. The normalized spacial score (nSPS) is 16.9. The van der Waals surface area contributed by atoms with Crippen molar-refractivity contribution in [2.24, 2.45) is 5.92 Å². The highest BCUT2D eigenvalue weighted by atomic mass is 16.4. The first kappa shape index (κ1) is 9.43. The lowest BCUT2D eigenvalue weighted by Crippen LogP contribution is -2.51. The minimum Gasteiger partial charge on any atom is -0.480 e. The molecular weight excluding hydrogens is 130 g/mol. The molecule has 0 bridgehead atoms. The van der Waals surface area contributed by atoms with Gasteiger partial charge >= 0.3 is 5.97 Å². The summed E-state index contributed by atoms with van der Waals surface area (Å²) in [6.07, 6.45) is 0. The third-order valence-electron chi connectivity index (χ3n) is 2.12. The Labute approximate surface area is 61.4 Å². The van der Waals surface area contributed by atoms with E-state index in [9.17, 15) is 4.79 Å². The van der Waals surface area contributed by atoms with Crippen LogP contribution in [-0.2, 0) is 4.79 Å². The number of hydrogen-bond donors (Lipinski definition) is 2. The molecule has 0 radical (unpaired) electrons. The summed E-state index contributed by atoms with van der Waals surface area (Å²) in [5, 5.41) is 11.5. The van der Waals surface area contributed by atoms with Gasteiger partial charge in [0.25, 0.3) is 0 Å². The van der Waals surface area contributed by atoms with Crippen molar-refractivity contribution in [1.82, 2.24) is 5.32 Å². The van der Waals surface area contributed by atoms with E-state index in [1.54, 1.807) is 14.0 Å². The molecule has 2 N–H and O–H groups in total. The molecule has 0 unspecified atom stereocenters. The average molecular weight is 145 g/mol. The molecule has 0 aliphatic heterocycles. The zero-order valence-corrected chi connectivity index (χ0v) is 6.93. The Bertz CT molecular complexity index is 134. The SMILES string of the molecule is CN[C@](C)(C(=O)O)C(C)C. The molecule has 0 aromatic rings. The van der Waals surface area contributed by atoms with Crippen molar-refractivity contribution in [1.29, 1.82) is 0 Å². The van der Waals surface area contributed by atoms with Crippen molar-refractivity contribution in [3.63, 3.8) is 0 Å². The van der Waals surface area contributed by atoms with E-state index in [0.29, 0.717) is 0 Å². The number of carboxylic acid groups (broad SMARTS) is 1. The molecular formula is C7H15NO2. The van der Waals surface area contributed by atoms with E-state index in [0.717, 1.165) is 0 Å². The van der Waals surface area contributed by atoms with Crippen molar-refractivity contribution in [2.75, 3.05) is 7.05 Å². The third-order valence-corrected chi connectivity index (χ3v) is 2.12. The van der Waals surface area contributed by atoms with Crippen molar-refractivity contribution in [2.45, 2.75) is 26.3 Å². The predicted octanol–water partition coefficient (Wildman–Crippen LogP) is 0.705. The highest BCUT2D eigenvalue weighted by molar-refractivity contribution is 5.78. The Morgan fingerprint density at radius 2 is 2.00 bits per heavy atom. The number of nitrogens with one attached hydrogen (secondary N) is 1. The van der Waals surface area contributed by atoms with Gasteiger partial charge in [-0.2, -0.15) is 0 Å². The van der Waals surface area contributed by atoms with Gasteiger partial charge in [0.1, 0.15) is 5.54 Å². The summed E-state index contributed by atoms with van der Waals surface area (Å²) in [5.74, 6) is -0.708. The first-order valence-corrected chi connectivity index (χ1v) is 3.37. The number of hydrogen-bond acceptors (Lipinski definition) is 2. The summed E-state index contributed by atoms with van der Waals surface area (Å²) in [6, 6.07) is 0. The summed E-state index contributed by atoms with van der Waals surface area (Å²) in [5.41, 5.74) is -0.792. The van der Waals surface area contributed by atoms with Gasteiger partial charge in [-0.05, 0) is 19.9 Å². The van der Waals surface area contributed by atoms with Crippen molar-refractivity contribution >= 4 is 5.97 Å². The second-order valence-corrected chi connectivity index (χ2v) is 2.91. The zero-order chi connectivity index (χ0) is 8.36. The fourth-order valence-electron chi connectivity index (χ4n) is 0.643. The molecule has 0 fully saturated rings. The van der Waals surface area contributed by atoms with Crippen LogP contribution in [0, 0.1) is 5.92 Å². The molecule has 0 aliphatic carbocycles. The number of likely N-dealkylation sites (N-methyl/N-ethyl adjacent to an activating group) is 1. The van der Waals surface area contributed by atoms with E-state index in [1.165, 1.54) is 0 Å². The monoisotopic (exact) mass is 145 g/mol. The fraction of sp³-hybridized carbons (Fsp3) is 0.857. The molecule has 1 atom stereocenters. The summed E-state index contributed by atoms with van der Waals surface area (Å²) in [6.45, 7) is 5.44. The Morgan fingerprint density at radius 1 is 1.60 bits per heavy atom. The van der Waals surface area contributed by atoms with Crippen LogP contribution in [0.2, 0.25) is 0 Å². The van der Waals surface area contributed by atoms with Gasteiger partial charge < -0.3 is 10.4 Å². The van der Waals surface area contributed by atoms with E-state index < -0.39 is 11.5 Å². The molecule has 0 aromatic heterocycles. The van der Waals surface area contributed by atoms with Gasteiger partial charge in [0.15, 0.2) is 0 Å². The second-order valence-electron chi connectivity index (χ2n) is 2.91. The van der Waals surface area contributed by atoms with E-state index in [-0.39, 0.29) is 5.92 Å². The van der Waals surface area contributed by atoms with Gasteiger partial charge in [-0.1, -0.05) is 13.8 Å². The quantitative estimate of drug-likeness (QED) is 0.614. The maximum absolute atomic E-state index is 10.6. The molecule has 0 saturated carbocycles. The average Bonchev–Trinajstić information content (AvgIpc) is 1.85. The molecule has 0 spiro atoms. The predicted molar refractivity (Wildman–Crippen MR) is 39.9 cm³/mol. The largest absolute Gasteiger partial charge is 0.480 e. The van der Waals surface area contributed by atoms with E-state index in [4.69, 9.17) is 5.11 Å². The minimum absolute atomic E-state index is 0.0926. The number of carboxylic acids is 1. The molecule has 3 heteroatoms. The summed E-state index contributed by atoms with van der Waals surface area (Å²) >= 11 is 0. The van der Waals surface area contributed by atoms with Gasteiger partial charge in [0.2, 0.25) is 0 Å². The first-order valence-electron chi connectivity index (χ1n) is 3.37. The smallest absolute Gasteiger partial charge is 0.323 e. The first-order chi connectivity index (χ1) is 4.45. The Balaban J connectivity index is 4.38. The van der Waals surface area contributed by atoms with Crippen LogP contribution in [0.4, 0.5) is 0 Å². The lowest BCUT2D eigenvalue weighted by atomic mass is 9.89. The Kier molecular flexibility index (Phi) is 2.84. The maximum atomic E-state index is 10.6. The molecule has 0 rings (SSSR count). The number of carbonyl (C=O) groups is 1. The Morgan fingerprint density at radius 3 is 2.00 bits per heavy atom. The topological polar surface area (TPSA) is 49.3 Å². The molecule has 0 amide bonds. The molecule has 0 aliphatic rings. The van der Waals surface area contributed by atoms with Gasteiger partial charge in [-0.25, -0.2) is 0 Å². The fourth-order valence-corrected chi connectivity index (χ4v) is 0.643. The zero-order valence-electron chi connectivity index (χ0n) is 6.93. The highest BCUT2D eigenvalue weighted by Crippen LogP contribution is 2.15. The van der Waals surface area contributed by atoms with Crippen LogP contribution in [0.25, 0.3) is 0 Å². The standard InChI is InChI=1S/C7H15NO2/c1-5(2)7(3,8-4)6(9)10/h5,8H,1-4H3,(H,9,10)/t7-/m0/s1. The molecule has 0 saturated heterocycles. The van der Waals surface area contributed by atoms with Gasteiger partial charge in [0, 0.05) is 0 Å². The lowest BCUT2D eigenvalue weighted by Gasteiger charge is -2.28. The molecule has 60 valence electrons. The van der Waals surface area contributed by atoms with Crippen LogP contribution in [0.3, 0.4) is 0 Å². The number of aliphatic carboxylic acids is 1. The molecule has 10 heavy (non-hydrogen) atoms. The van der Waals surface area contributed by atoms with Gasteiger partial charge in [0.05, 0.1) is 0 Å². The maximum Gasteiger partial charge on any atom is 0.323 e. The van der Waals surface area contributed by atoms with E-state index in [2.05, 4.69) is 5.32 Å². The van der Waals surface area contributed by atoms with Crippen molar-refractivity contribution < 1.29 is 9.90 Å². The van der Waals surface area contributed by atoms with Crippen LogP contribution in [0.1, 0.15) is 20.8 Å². The van der Waals surface area contributed by atoms with Crippen LogP contribution >= 0.6 is 0 Å². The summed E-state index contributed by atoms with van der Waals surface area (Å²) in [4.78, 5) is 10.6. The van der Waals surface area contributed by atoms with Crippen LogP contribution in [0.5, 0.6) is 0 Å². The van der Waals surface area contributed by atoms with Crippen molar-refractivity contribution in [3.05, 3.63) is 0 Å². The number of rotatable bonds is 3. The molecule has 0 heterocycles. The summed E-state index contributed by atoms with van der Waals surface area (Å²) in [7, 11) is 1.66.